The highest BCUT2D eigenvalue weighted by Gasteiger charge is 2.72. The van der Waals surface area contributed by atoms with Crippen LogP contribution in [0.2, 0.25) is 0 Å². The van der Waals surface area contributed by atoms with Gasteiger partial charge in [0.05, 0.1) is 0 Å². The molecule has 3 saturated carbocycles. The number of Topliss-reactive ketones (excluding diaryl/α,β-unsaturated/α-hetero) is 1. The quantitative estimate of drug-likeness (QED) is 0.645. The van der Waals surface area contributed by atoms with Crippen LogP contribution in [-0.4, -0.2) is 30.2 Å². The van der Waals surface area contributed by atoms with Crippen molar-refractivity contribution in [3.63, 3.8) is 0 Å². The Morgan fingerprint density at radius 3 is 2.29 bits per heavy atom. The van der Waals surface area contributed by atoms with Gasteiger partial charge in [-0.1, -0.05) is 0 Å². The van der Waals surface area contributed by atoms with Crippen molar-refractivity contribution in [3.05, 3.63) is 17.7 Å². The van der Waals surface area contributed by atoms with E-state index in [4.69, 9.17) is 15.2 Å². The predicted octanol–water partition coefficient (Wildman–Crippen LogP) is 1.78. The first-order valence-electron chi connectivity index (χ1n) is 7.28. The number of ether oxygens (including phenoxy) is 2. The summed E-state index contributed by atoms with van der Waals surface area (Å²) in [5, 5.41) is 1.99. The largest absolute Gasteiger partial charge is 0.471 e. The van der Waals surface area contributed by atoms with E-state index in [9.17, 15) is 22.8 Å². The molecule has 4 aliphatic rings. The lowest BCUT2D eigenvalue weighted by molar-refractivity contribution is -0.188. The Hall–Kier alpha value is -2.45. The molecule has 24 heavy (non-hydrogen) atoms. The summed E-state index contributed by atoms with van der Waals surface area (Å²) in [5.74, 6) is -1.33. The van der Waals surface area contributed by atoms with Crippen LogP contribution in [-0.2, 0) is 4.79 Å². The van der Waals surface area contributed by atoms with E-state index in [1.165, 1.54) is 12.1 Å². The van der Waals surface area contributed by atoms with Crippen molar-refractivity contribution >= 4 is 17.4 Å². The molecule has 3 N–H and O–H groups in total. The third kappa shape index (κ3) is 1.96. The van der Waals surface area contributed by atoms with Gasteiger partial charge in [-0.2, -0.15) is 13.2 Å². The highest BCUT2D eigenvalue weighted by atomic mass is 19.4. The second-order valence-electron chi connectivity index (χ2n) is 6.66. The molecule has 1 aromatic rings. The molecule has 0 atom stereocenters. The van der Waals surface area contributed by atoms with E-state index in [-0.39, 0.29) is 43.1 Å². The fourth-order valence-corrected chi connectivity index (χ4v) is 3.91. The van der Waals surface area contributed by atoms with Crippen LogP contribution in [0.4, 0.5) is 18.9 Å². The molecule has 1 amide bonds. The van der Waals surface area contributed by atoms with Gasteiger partial charge in [0.2, 0.25) is 6.79 Å². The van der Waals surface area contributed by atoms with Gasteiger partial charge >= 0.3 is 12.1 Å². The fraction of sp³-hybridized carbons (Fsp3) is 0.467. The van der Waals surface area contributed by atoms with E-state index < -0.39 is 23.0 Å². The first-order valence-corrected chi connectivity index (χ1v) is 7.28. The van der Waals surface area contributed by atoms with Crippen molar-refractivity contribution in [2.75, 3.05) is 12.5 Å². The summed E-state index contributed by atoms with van der Waals surface area (Å²) < 4.78 is 47.4. The van der Waals surface area contributed by atoms with Crippen LogP contribution in [0.25, 0.3) is 0 Å². The Morgan fingerprint density at radius 1 is 1.12 bits per heavy atom. The van der Waals surface area contributed by atoms with Crippen LogP contribution in [0, 0.1) is 5.41 Å². The number of nitrogens with one attached hydrogen (secondary N) is 1. The van der Waals surface area contributed by atoms with E-state index in [0.717, 1.165) is 0 Å². The summed E-state index contributed by atoms with van der Waals surface area (Å²) in [6.07, 6.45) is -4.36. The molecule has 1 aromatic carbocycles. The number of hydrogen-bond donors (Lipinski definition) is 2. The van der Waals surface area contributed by atoms with Gasteiger partial charge < -0.3 is 20.5 Å². The zero-order valence-corrected chi connectivity index (χ0v) is 12.3. The van der Waals surface area contributed by atoms with Gasteiger partial charge in [0.15, 0.2) is 17.3 Å². The molecule has 0 aromatic heterocycles. The summed E-state index contributed by atoms with van der Waals surface area (Å²) in [5.41, 5.74) is 4.72. The summed E-state index contributed by atoms with van der Waals surface area (Å²) in [6, 6.07) is 3.00. The summed E-state index contributed by atoms with van der Waals surface area (Å²) >= 11 is 0. The van der Waals surface area contributed by atoms with Gasteiger partial charge in [-0.05, 0) is 25.3 Å². The number of alkyl halides is 3. The third-order valence-electron chi connectivity index (χ3n) is 4.94. The molecule has 1 heterocycles. The maximum atomic E-state index is 12.7. The lowest BCUT2D eigenvalue weighted by atomic mass is 9.37. The molecule has 2 bridgehead atoms. The van der Waals surface area contributed by atoms with E-state index >= 15 is 0 Å². The van der Waals surface area contributed by atoms with Gasteiger partial charge in [-0.25, -0.2) is 0 Å². The summed E-state index contributed by atoms with van der Waals surface area (Å²) in [4.78, 5) is 23.8. The van der Waals surface area contributed by atoms with E-state index in [1.54, 1.807) is 0 Å². The highest BCUT2D eigenvalue weighted by Crippen LogP contribution is 2.68. The average Bonchev–Trinajstić information content (AvgIpc) is 2.85. The predicted molar refractivity (Wildman–Crippen MR) is 74.5 cm³/mol. The standard InChI is InChI=1S/C15H13F3N2O4/c16-15(17,18)12(22)20-14-3-13(4-14,5-14)11(21)7-1-9-10(2-8(7)19)24-6-23-9/h1-2H,3-6,19H2,(H,20,22). The van der Waals surface area contributed by atoms with Crippen LogP contribution in [0.3, 0.4) is 0 Å². The van der Waals surface area contributed by atoms with Gasteiger partial charge in [-0.3, -0.25) is 9.59 Å². The van der Waals surface area contributed by atoms with Crippen molar-refractivity contribution in [3.8, 4) is 11.5 Å². The number of anilines is 1. The summed E-state index contributed by atoms with van der Waals surface area (Å²) in [6.45, 7) is 0.0458. The smallest absolute Gasteiger partial charge is 0.454 e. The van der Waals surface area contributed by atoms with Crippen LogP contribution in [0.15, 0.2) is 12.1 Å². The number of hydrogen-bond acceptors (Lipinski definition) is 5. The van der Waals surface area contributed by atoms with Crippen LogP contribution < -0.4 is 20.5 Å². The second kappa shape index (κ2) is 4.34. The highest BCUT2D eigenvalue weighted by molar-refractivity contribution is 6.07. The first kappa shape index (κ1) is 15.1. The maximum Gasteiger partial charge on any atom is 0.471 e. The van der Waals surface area contributed by atoms with Gasteiger partial charge in [-0.15, -0.1) is 0 Å². The number of nitrogen functional groups attached to an aromatic ring is 1. The Bertz CT molecular complexity index is 755. The van der Waals surface area contributed by atoms with Crippen molar-refractivity contribution in [2.45, 2.75) is 31.0 Å². The van der Waals surface area contributed by atoms with E-state index in [1.807, 2.05) is 5.32 Å². The minimum atomic E-state index is -4.92. The molecule has 3 aliphatic carbocycles. The van der Waals surface area contributed by atoms with Crippen molar-refractivity contribution in [1.82, 2.24) is 5.32 Å². The molecule has 128 valence electrons. The molecule has 0 radical (unpaired) electrons. The Labute approximate surface area is 134 Å². The molecule has 0 unspecified atom stereocenters. The number of rotatable bonds is 3. The zero-order chi connectivity index (χ0) is 17.3. The number of ketones is 1. The maximum absolute atomic E-state index is 12.7. The molecule has 0 spiro atoms. The minimum Gasteiger partial charge on any atom is -0.454 e. The van der Waals surface area contributed by atoms with E-state index in [0.29, 0.717) is 11.5 Å². The zero-order valence-electron chi connectivity index (χ0n) is 12.3. The molecule has 3 fully saturated rings. The number of fused-ring (bicyclic) bond motifs is 1. The SMILES string of the molecule is Nc1cc2c(cc1C(=O)C13CC(NC(=O)C(F)(F)F)(C1)C3)OCO2. The molecule has 5 rings (SSSR count). The monoisotopic (exact) mass is 342 g/mol. The number of benzene rings is 1. The molecule has 0 saturated heterocycles. The molecular formula is C15H13F3N2O4. The fourth-order valence-electron chi connectivity index (χ4n) is 3.91. The lowest BCUT2D eigenvalue weighted by Gasteiger charge is -2.69. The van der Waals surface area contributed by atoms with Crippen LogP contribution in [0.5, 0.6) is 11.5 Å². The topological polar surface area (TPSA) is 90.7 Å². The summed E-state index contributed by atoms with van der Waals surface area (Å²) in [7, 11) is 0. The van der Waals surface area contributed by atoms with E-state index in [2.05, 4.69) is 0 Å². The van der Waals surface area contributed by atoms with Crippen molar-refractivity contribution < 1.29 is 32.2 Å². The Balaban J connectivity index is 1.49. The number of amides is 1. The number of carbonyl (C=O) groups is 2. The van der Waals surface area contributed by atoms with Crippen LogP contribution in [0.1, 0.15) is 29.6 Å². The Kier molecular flexibility index (Phi) is 2.73. The Morgan fingerprint density at radius 2 is 1.71 bits per heavy atom. The first-order chi connectivity index (χ1) is 11.1. The van der Waals surface area contributed by atoms with Crippen LogP contribution >= 0.6 is 0 Å². The van der Waals surface area contributed by atoms with Gasteiger partial charge in [0.25, 0.3) is 0 Å². The molecular weight excluding hydrogens is 329 g/mol. The normalized spacial score (nSPS) is 29.5. The molecule has 1 aliphatic heterocycles. The van der Waals surface area contributed by atoms with Crippen molar-refractivity contribution in [2.24, 2.45) is 5.41 Å². The number of nitrogens with two attached hydrogens (primary N) is 1. The van der Waals surface area contributed by atoms with Gasteiger partial charge in [0.1, 0.15) is 0 Å². The third-order valence-corrected chi connectivity index (χ3v) is 4.94. The van der Waals surface area contributed by atoms with Crippen molar-refractivity contribution in [1.29, 1.82) is 0 Å². The second-order valence-corrected chi connectivity index (χ2v) is 6.66. The van der Waals surface area contributed by atoms with Gasteiger partial charge in [0, 0.05) is 28.3 Å². The number of carbonyl (C=O) groups excluding carboxylic acids is 2. The number of halogens is 3. The average molecular weight is 342 g/mol. The molecule has 9 heteroatoms. The lowest BCUT2D eigenvalue weighted by Crippen LogP contribution is -2.77. The minimum absolute atomic E-state index is 0.0458. The molecule has 6 nitrogen and oxygen atoms in total.